The molecule has 1 aromatic rings. The van der Waals surface area contributed by atoms with Crippen LogP contribution in [0.2, 0.25) is 0 Å². The van der Waals surface area contributed by atoms with E-state index < -0.39 is 17.6 Å². The van der Waals surface area contributed by atoms with E-state index in [1.807, 2.05) is 0 Å². The molecule has 1 aliphatic heterocycles. The van der Waals surface area contributed by atoms with Crippen molar-refractivity contribution in [2.75, 3.05) is 20.2 Å². The lowest BCUT2D eigenvalue weighted by Gasteiger charge is -2.47. The minimum atomic E-state index is -4.48. The van der Waals surface area contributed by atoms with Gasteiger partial charge in [0.2, 0.25) is 11.8 Å². The topological polar surface area (TPSA) is 43.4 Å². The molecule has 22 heavy (non-hydrogen) atoms. The molecule has 3 rings (SSSR count). The zero-order valence-corrected chi connectivity index (χ0v) is 12.4. The predicted molar refractivity (Wildman–Crippen MR) is 74.0 cm³/mol. The quantitative estimate of drug-likeness (QED) is 0.931. The summed E-state index contributed by atoms with van der Waals surface area (Å²) in [7, 11) is 1.18. The van der Waals surface area contributed by atoms with Crippen LogP contribution in [-0.2, 0) is 6.18 Å². The highest BCUT2D eigenvalue weighted by Crippen LogP contribution is 2.41. The summed E-state index contributed by atoms with van der Waals surface area (Å²) in [6.07, 6.45) is -0.476. The van der Waals surface area contributed by atoms with Crippen molar-refractivity contribution in [2.24, 2.45) is 5.41 Å². The molecule has 1 aliphatic carbocycles. The number of hydrogen-bond donors (Lipinski definition) is 1. The molecule has 2 heterocycles. The molecule has 4 nitrogen and oxygen atoms in total. The Bertz CT molecular complexity index is 534. The fourth-order valence-electron chi connectivity index (χ4n) is 3.18. The lowest BCUT2D eigenvalue weighted by atomic mass is 9.69. The van der Waals surface area contributed by atoms with Gasteiger partial charge >= 0.3 is 6.18 Å². The van der Waals surface area contributed by atoms with E-state index in [9.17, 15) is 13.2 Å². The molecule has 0 aromatic carbocycles. The van der Waals surface area contributed by atoms with Gasteiger partial charge in [-0.15, -0.1) is 0 Å². The summed E-state index contributed by atoms with van der Waals surface area (Å²) in [5, 5.41) is 3.30. The van der Waals surface area contributed by atoms with Gasteiger partial charge in [-0.1, -0.05) is 0 Å². The second kappa shape index (κ2) is 5.61. The molecule has 0 atom stereocenters. The predicted octanol–water partition coefficient (Wildman–Crippen LogP) is 3.02. The van der Waals surface area contributed by atoms with E-state index >= 15 is 0 Å². The second-order valence-corrected chi connectivity index (χ2v) is 6.12. The Kier molecular flexibility index (Phi) is 3.92. The zero-order valence-electron chi connectivity index (χ0n) is 12.4. The number of hydrogen-bond acceptors (Lipinski definition) is 4. The maximum Gasteiger partial charge on any atom is 0.421 e. The molecule has 0 unspecified atom stereocenters. The average molecular weight is 316 g/mol. The third-order valence-electron chi connectivity index (χ3n) is 4.61. The largest absolute Gasteiger partial charge is 0.480 e. The Hall–Kier alpha value is -1.50. The minimum Gasteiger partial charge on any atom is -0.480 e. The molecule has 2 aliphatic rings. The SMILES string of the molecule is COc1nc(OC2CCC3(CC2)CNC3)ccc1C(F)(F)F. The van der Waals surface area contributed by atoms with Crippen molar-refractivity contribution in [1.29, 1.82) is 0 Å². The van der Waals surface area contributed by atoms with Crippen LogP contribution in [0, 0.1) is 5.41 Å². The van der Waals surface area contributed by atoms with E-state index in [0.29, 0.717) is 5.41 Å². The molecule has 7 heteroatoms. The number of rotatable bonds is 3. The summed E-state index contributed by atoms with van der Waals surface area (Å²) in [5.74, 6) is -0.252. The van der Waals surface area contributed by atoms with Crippen molar-refractivity contribution in [3.8, 4) is 11.8 Å². The molecule has 2 fully saturated rings. The molecule has 0 amide bonds. The molecule has 0 bridgehead atoms. The highest BCUT2D eigenvalue weighted by atomic mass is 19.4. The number of pyridine rings is 1. The van der Waals surface area contributed by atoms with Crippen LogP contribution < -0.4 is 14.8 Å². The smallest absolute Gasteiger partial charge is 0.421 e. The van der Waals surface area contributed by atoms with Gasteiger partial charge in [-0.05, 0) is 37.2 Å². The van der Waals surface area contributed by atoms with Crippen LogP contribution in [0.3, 0.4) is 0 Å². The molecule has 1 saturated heterocycles. The fraction of sp³-hybridized carbons (Fsp3) is 0.667. The van der Waals surface area contributed by atoms with Gasteiger partial charge in [-0.25, -0.2) is 0 Å². The molecule has 1 aromatic heterocycles. The molecule has 122 valence electrons. The van der Waals surface area contributed by atoms with Gasteiger partial charge in [0, 0.05) is 19.2 Å². The van der Waals surface area contributed by atoms with Crippen molar-refractivity contribution in [3.63, 3.8) is 0 Å². The first kappa shape index (κ1) is 15.4. The van der Waals surface area contributed by atoms with Crippen molar-refractivity contribution >= 4 is 0 Å². The Labute approximate surface area is 127 Å². The van der Waals surface area contributed by atoms with Gasteiger partial charge in [0.05, 0.1) is 7.11 Å². The average Bonchev–Trinajstić information content (AvgIpc) is 2.45. The normalized spacial score (nSPS) is 21.5. The van der Waals surface area contributed by atoms with E-state index in [2.05, 4.69) is 10.3 Å². The molecular formula is C15H19F3N2O2. The second-order valence-electron chi connectivity index (χ2n) is 6.12. The van der Waals surface area contributed by atoms with Crippen LogP contribution in [0.1, 0.15) is 31.2 Å². The number of alkyl halides is 3. The van der Waals surface area contributed by atoms with Gasteiger partial charge in [0.25, 0.3) is 0 Å². The van der Waals surface area contributed by atoms with E-state index in [0.717, 1.165) is 44.8 Å². The van der Waals surface area contributed by atoms with Crippen LogP contribution in [0.4, 0.5) is 13.2 Å². The Morgan fingerprint density at radius 1 is 1.23 bits per heavy atom. The van der Waals surface area contributed by atoms with E-state index in [-0.39, 0.29) is 12.0 Å². The summed E-state index contributed by atoms with van der Waals surface area (Å²) in [6.45, 7) is 2.12. The van der Waals surface area contributed by atoms with Crippen LogP contribution >= 0.6 is 0 Å². The number of nitrogens with zero attached hydrogens (tertiary/aromatic N) is 1. The van der Waals surface area contributed by atoms with Crippen molar-refractivity contribution in [1.82, 2.24) is 10.3 Å². The highest BCUT2D eigenvalue weighted by molar-refractivity contribution is 5.33. The molecular weight excluding hydrogens is 297 g/mol. The first-order valence-corrected chi connectivity index (χ1v) is 7.41. The van der Waals surface area contributed by atoms with Crippen LogP contribution in [-0.4, -0.2) is 31.3 Å². The summed E-state index contributed by atoms with van der Waals surface area (Å²) >= 11 is 0. The number of aromatic nitrogens is 1. The fourth-order valence-corrected chi connectivity index (χ4v) is 3.18. The lowest BCUT2D eigenvalue weighted by molar-refractivity contribution is -0.139. The maximum atomic E-state index is 12.8. The third kappa shape index (κ3) is 2.99. The van der Waals surface area contributed by atoms with Gasteiger partial charge in [-0.3, -0.25) is 0 Å². The molecule has 1 saturated carbocycles. The highest BCUT2D eigenvalue weighted by Gasteiger charge is 2.41. The summed E-state index contributed by atoms with van der Waals surface area (Å²) in [5.41, 5.74) is -0.462. The first-order valence-electron chi connectivity index (χ1n) is 7.41. The molecule has 0 radical (unpaired) electrons. The number of halogens is 3. The maximum absolute atomic E-state index is 12.8. The monoisotopic (exact) mass is 316 g/mol. The van der Waals surface area contributed by atoms with Crippen LogP contribution in [0.15, 0.2) is 12.1 Å². The summed E-state index contributed by atoms with van der Waals surface area (Å²) in [6, 6.07) is 2.22. The van der Waals surface area contributed by atoms with E-state index in [1.165, 1.54) is 13.2 Å². The zero-order chi connectivity index (χ0) is 15.8. The van der Waals surface area contributed by atoms with Crippen molar-refractivity contribution in [2.45, 2.75) is 38.0 Å². The Morgan fingerprint density at radius 2 is 1.91 bits per heavy atom. The van der Waals surface area contributed by atoms with Crippen molar-refractivity contribution < 1.29 is 22.6 Å². The standard InChI is InChI=1S/C15H19F3N2O2/c1-21-13-11(15(16,17)18)2-3-12(20-13)22-10-4-6-14(7-5-10)8-19-9-14/h2-3,10,19H,4-9H2,1H3. The third-order valence-corrected chi connectivity index (χ3v) is 4.61. The van der Waals surface area contributed by atoms with Gasteiger partial charge in [-0.2, -0.15) is 18.2 Å². The van der Waals surface area contributed by atoms with Gasteiger partial charge < -0.3 is 14.8 Å². The van der Waals surface area contributed by atoms with Crippen LogP contribution in [0.5, 0.6) is 11.8 Å². The Balaban J connectivity index is 1.65. The summed E-state index contributed by atoms with van der Waals surface area (Å²) < 4.78 is 48.9. The number of methoxy groups -OCH3 is 1. The van der Waals surface area contributed by atoms with Gasteiger partial charge in [0.15, 0.2) is 0 Å². The number of ether oxygens (including phenoxy) is 2. The minimum absolute atomic E-state index is 0.0140. The van der Waals surface area contributed by atoms with E-state index in [1.54, 1.807) is 0 Å². The first-order chi connectivity index (χ1) is 10.4. The molecule has 1 spiro atoms. The Morgan fingerprint density at radius 3 is 2.41 bits per heavy atom. The summed E-state index contributed by atoms with van der Waals surface area (Å²) in [4.78, 5) is 3.85. The van der Waals surface area contributed by atoms with Gasteiger partial charge in [0.1, 0.15) is 11.7 Å². The lowest BCUT2D eigenvalue weighted by Crippen LogP contribution is -2.55. The van der Waals surface area contributed by atoms with Crippen LogP contribution in [0.25, 0.3) is 0 Å². The van der Waals surface area contributed by atoms with Crippen molar-refractivity contribution in [3.05, 3.63) is 17.7 Å². The number of nitrogens with one attached hydrogen (secondary N) is 1. The molecule has 1 N–H and O–H groups in total. The van der Waals surface area contributed by atoms with E-state index in [4.69, 9.17) is 9.47 Å².